The number of nitrogens with zero attached hydrogens (tertiary/aromatic N) is 2. The van der Waals surface area contributed by atoms with E-state index in [1.807, 2.05) is 13.8 Å². The molecule has 5 nitrogen and oxygen atoms in total. The Morgan fingerprint density at radius 2 is 1.82 bits per heavy atom. The number of rotatable bonds is 5. The van der Waals surface area contributed by atoms with Gasteiger partial charge >= 0.3 is 0 Å². The zero-order valence-electron chi connectivity index (χ0n) is 12.2. The summed E-state index contributed by atoms with van der Waals surface area (Å²) < 4.78 is 39.1. The summed E-state index contributed by atoms with van der Waals surface area (Å²) in [7, 11) is 0. The van der Waals surface area contributed by atoms with Crippen LogP contribution in [0.2, 0.25) is 0 Å². The molecule has 0 aliphatic rings. The summed E-state index contributed by atoms with van der Waals surface area (Å²) in [4.78, 5) is 17.2. The van der Waals surface area contributed by atoms with Gasteiger partial charge in [0.1, 0.15) is 6.54 Å². The Labute approximate surface area is 143 Å². The Morgan fingerprint density at radius 3 is 2.36 bits per heavy atom. The molecule has 3 N–H and O–H groups in total. The van der Waals surface area contributed by atoms with Gasteiger partial charge in [-0.3, -0.25) is 4.79 Å². The molecule has 1 amide bonds. The van der Waals surface area contributed by atoms with E-state index < -0.39 is 29.0 Å². The maximum atomic E-state index is 13.4. The molecule has 0 aliphatic heterocycles. The van der Waals surface area contributed by atoms with Gasteiger partial charge in [-0.2, -0.15) is 0 Å². The summed E-state index contributed by atoms with van der Waals surface area (Å²) in [6, 6.07) is 1.66. The van der Waals surface area contributed by atoms with E-state index in [1.165, 1.54) is 0 Å². The number of guanidine groups is 1. The van der Waals surface area contributed by atoms with Gasteiger partial charge in [-0.05, 0) is 26.0 Å². The molecule has 1 rings (SSSR count). The molecule has 0 fully saturated rings. The first-order chi connectivity index (χ1) is 9.90. The molecule has 0 aliphatic carbocycles. The van der Waals surface area contributed by atoms with Crippen LogP contribution in [0.5, 0.6) is 0 Å². The van der Waals surface area contributed by atoms with Crippen molar-refractivity contribution in [3.8, 4) is 0 Å². The predicted molar refractivity (Wildman–Crippen MR) is 89.8 cm³/mol. The molecular weight excluding hydrogens is 412 g/mol. The average Bonchev–Trinajstić information content (AvgIpc) is 2.47. The molecule has 0 atom stereocenters. The van der Waals surface area contributed by atoms with Crippen molar-refractivity contribution in [2.75, 3.05) is 25.0 Å². The third kappa shape index (κ3) is 5.35. The maximum Gasteiger partial charge on any atom is 0.246 e. The van der Waals surface area contributed by atoms with E-state index in [-0.39, 0.29) is 36.5 Å². The van der Waals surface area contributed by atoms with Crippen LogP contribution >= 0.6 is 24.0 Å². The van der Waals surface area contributed by atoms with Crippen molar-refractivity contribution in [3.05, 3.63) is 29.6 Å². The quantitative estimate of drug-likeness (QED) is 0.326. The van der Waals surface area contributed by atoms with E-state index >= 15 is 0 Å². The number of halogens is 4. The van der Waals surface area contributed by atoms with E-state index in [0.29, 0.717) is 13.1 Å². The summed E-state index contributed by atoms with van der Waals surface area (Å²) in [5.41, 5.74) is 5.22. The number of nitrogens with one attached hydrogen (secondary N) is 1. The maximum absolute atomic E-state index is 13.4. The summed E-state index contributed by atoms with van der Waals surface area (Å²) in [6.45, 7) is 4.67. The lowest BCUT2D eigenvalue weighted by Gasteiger charge is -2.19. The van der Waals surface area contributed by atoms with Crippen LogP contribution in [0.3, 0.4) is 0 Å². The van der Waals surface area contributed by atoms with Gasteiger partial charge in [0, 0.05) is 13.1 Å². The minimum Gasteiger partial charge on any atom is -0.370 e. The van der Waals surface area contributed by atoms with E-state index in [0.717, 1.165) is 12.1 Å². The summed E-state index contributed by atoms with van der Waals surface area (Å²) >= 11 is 0. The first kappa shape index (κ1) is 20.5. The van der Waals surface area contributed by atoms with Gasteiger partial charge in [0.15, 0.2) is 23.4 Å². The van der Waals surface area contributed by atoms with E-state index in [2.05, 4.69) is 10.3 Å². The molecular formula is C13H18F3IN4O. The first-order valence-electron chi connectivity index (χ1n) is 6.38. The fourth-order valence-corrected chi connectivity index (χ4v) is 1.61. The second kappa shape index (κ2) is 9.49. The van der Waals surface area contributed by atoms with Gasteiger partial charge in [0.2, 0.25) is 5.91 Å². The minimum atomic E-state index is -1.64. The number of carbonyl (C=O) groups excluding carboxylic acids is 1. The zero-order valence-corrected chi connectivity index (χ0v) is 14.5. The highest BCUT2D eigenvalue weighted by Gasteiger charge is 2.15. The zero-order chi connectivity index (χ0) is 16.0. The third-order valence-corrected chi connectivity index (χ3v) is 2.78. The van der Waals surface area contributed by atoms with Crippen LogP contribution in [-0.2, 0) is 4.79 Å². The SMILES string of the molecule is CCN(CC)C(N)=NCC(=O)Nc1ccc(F)c(F)c1F.I. The molecule has 9 heteroatoms. The van der Waals surface area contributed by atoms with Crippen molar-refractivity contribution in [3.63, 3.8) is 0 Å². The molecule has 0 heterocycles. The molecule has 1 aromatic rings. The van der Waals surface area contributed by atoms with Crippen LogP contribution < -0.4 is 11.1 Å². The standard InChI is InChI=1S/C13H17F3N4O.HI/c1-3-20(4-2)13(17)18-7-10(21)19-9-6-5-8(14)11(15)12(9)16;/h5-6H,3-4,7H2,1-2H3,(H2,17,18)(H,19,21);1H. The van der Waals surface area contributed by atoms with Gasteiger partial charge in [-0.1, -0.05) is 0 Å². The number of amides is 1. The van der Waals surface area contributed by atoms with Crippen molar-refractivity contribution >= 4 is 41.5 Å². The second-order valence-corrected chi connectivity index (χ2v) is 4.12. The lowest BCUT2D eigenvalue weighted by Crippen LogP contribution is -2.37. The lowest BCUT2D eigenvalue weighted by atomic mass is 10.3. The third-order valence-electron chi connectivity index (χ3n) is 2.78. The fraction of sp³-hybridized carbons (Fsp3) is 0.385. The van der Waals surface area contributed by atoms with Crippen molar-refractivity contribution in [1.29, 1.82) is 0 Å². The van der Waals surface area contributed by atoms with Crippen LogP contribution in [0.15, 0.2) is 17.1 Å². The van der Waals surface area contributed by atoms with Crippen molar-refractivity contribution in [2.24, 2.45) is 10.7 Å². The molecule has 0 unspecified atom stereocenters. The van der Waals surface area contributed by atoms with Crippen LogP contribution in [0.4, 0.5) is 18.9 Å². The topological polar surface area (TPSA) is 70.7 Å². The number of nitrogens with two attached hydrogens (primary N) is 1. The average molecular weight is 430 g/mol. The van der Waals surface area contributed by atoms with Crippen molar-refractivity contribution in [1.82, 2.24) is 4.90 Å². The number of benzene rings is 1. The smallest absolute Gasteiger partial charge is 0.246 e. The molecule has 22 heavy (non-hydrogen) atoms. The normalized spacial score (nSPS) is 10.9. The van der Waals surface area contributed by atoms with Gasteiger partial charge in [-0.15, -0.1) is 24.0 Å². The van der Waals surface area contributed by atoms with Crippen LogP contribution in [0, 0.1) is 17.5 Å². The first-order valence-corrected chi connectivity index (χ1v) is 6.38. The van der Waals surface area contributed by atoms with Crippen molar-refractivity contribution < 1.29 is 18.0 Å². The minimum absolute atomic E-state index is 0. The predicted octanol–water partition coefficient (Wildman–Crippen LogP) is 2.32. The number of aliphatic imine (C=N–C) groups is 1. The number of hydrogen-bond donors (Lipinski definition) is 2. The number of anilines is 1. The van der Waals surface area contributed by atoms with Gasteiger partial charge < -0.3 is 16.0 Å². The van der Waals surface area contributed by atoms with Gasteiger partial charge in [0.05, 0.1) is 5.69 Å². The molecule has 0 radical (unpaired) electrons. The van der Waals surface area contributed by atoms with Gasteiger partial charge in [-0.25, -0.2) is 18.2 Å². The van der Waals surface area contributed by atoms with Crippen LogP contribution in [0.25, 0.3) is 0 Å². The fourth-order valence-electron chi connectivity index (χ4n) is 1.61. The Balaban J connectivity index is 0.00000441. The Kier molecular flexibility index (Phi) is 8.83. The lowest BCUT2D eigenvalue weighted by molar-refractivity contribution is -0.114. The molecule has 0 saturated heterocycles. The summed E-state index contributed by atoms with van der Waals surface area (Å²) in [5.74, 6) is -4.92. The number of carbonyl (C=O) groups is 1. The van der Waals surface area contributed by atoms with Crippen LogP contribution in [0.1, 0.15) is 13.8 Å². The molecule has 124 valence electrons. The number of hydrogen-bond acceptors (Lipinski definition) is 2. The largest absolute Gasteiger partial charge is 0.370 e. The molecule has 0 aromatic heterocycles. The van der Waals surface area contributed by atoms with E-state index in [1.54, 1.807) is 4.90 Å². The highest BCUT2D eigenvalue weighted by atomic mass is 127. The molecule has 0 bridgehead atoms. The summed E-state index contributed by atoms with van der Waals surface area (Å²) in [5, 5.41) is 2.11. The van der Waals surface area contributed by atoms with E-state index in [9.17, 15) is 18.0 Å². The monoisotopic (exact) mass is 430 g/mol. The Bertz CT molecular complexity index is 550. The molecule has 0 spiro atoms. The van der Waals surface area contributed by atoms with Crippen molar-refractivity contribution in [2.45, 2.75) is 13.8 Å². The van der Waals surface area contributed by atoms with Gasteiger partial charge in [0.25, 0.3) is 0 Å². The summed E-state index contributed by atoms with van der Waals surface area (Å²) in [6.07, 6.45) is 0. The van der Waals surface area contributed by atoms with E-state index in [4.69, 9.17) is 5.73 Å². The Morgan fingerprint density at radius 1 is 1.23 bits per heavy atom. The highest BCUT2D eigenvalue weighted by Crippen LogP contribution is 2.19. The second-order valence-electron chi connectivity index (χ2n) is 4.12. The van der Waals surface area contributed by atoms with Crippen LogP contribution in [-0.4, -0.2) is 36.4 Å². The molecule has 1 aromatic carbocycles. The highest BCUT2D eigenvalue weighted by molar-refractivity contribution is 14.0. The molecule has 0 saturated carbocycles. The Hall–Kier alpha value is -1.52.